The number of anilines is 1. The highest BCUT2D eigenvalue weighted by Gasteiger charge is 2.16. The number of hydrogen-bond acceptors (Lipinski definition) is 3. The van der Waals surface area contributed by atoms with Gasteiger partial charge in [-0.05, 0) is 6.07 Å². The molecule has 0 bridgehead atoms. The number of rotatable bonds is 3. The van der Waals surface area contributed by atoms with Gasteiger partial charge in [0.1, 0.15) is 0 Å². The van der Waals surface area contributed by atoms with Gasteiger partial charge in [-0.3, -0.25) is 14.9 Å². The molecule has 1 N–H and O–H groups in total. The summed E-state index contributed by atoms with van der Waals surface area (Å²) in [6, 6.07) is 4.77. The molecule has 0 radical (unpaired) electrons. The Hall–Kier alpha value is -2.05. The third-order valence-electron chi connectivity index (χ3n) is 1.52. The summed E-state index contributed by atoms with van der Waals surface area (Å²) in [6.07, 6.45) is -3.15. The first kappa shape index (κ1) is 11.0. The molecule has 0 fully saturated rings. The summed E-state index contributed by atoms with van der Waals surface area (Å²) in [7, 11) is 0. The molecule has 80 valence electrons. The minimum Gasteiger partial charge on any atom is -0.321 e. The highest BCUT2D eigenvalue weighted by molar-refractivity contribution is 5.93. The third-order valence-corrected chi connectivity index (χ3v) is 1.52. The zero-order chi connectivity index (χ0) is 11.4. The number of benzene rings is 1. The van der Waals surface area contributed by atoms with Gasteiger partial charge in [-0.15, -0.1) is 0 Å². The summed E-state index contributed by atoms with van der Waals surface area (Å²) in [5.41, 5.74) is -0.309. The topological polar surface area (TPSA) is 72.2 Å². The summed E-state index contributed by atoms with van der Waals surface area (Å²) in [5, 5.41) is 12.2. The van der Waals surface area contributed by atoms with E-state index in [4.69, 9.17) is 0 Å². The van der Waals surface area contributed by atoms with Crippen molar-refractivity contribution in [3.8, 4) is 0 Å². The molecule has 0 saturated heterocycles. The van der Waals surface area contributed by atoms with E-state index in [9.17, 15) is 23.7 Å². The van der Waals surface area contributed by atoms with Crippen LogP contribution in [0.1, 0.15) is 0 Å². The smallest absolute Gasteiger partial charge is 0.315 e. The predicted octanol–water partition coefficient (Wildman–Crippen LogP) is 1.80. The first-order valence-corrected chi connectivity index (χ1v) is 3.84. The maximum atomic E-state index is 11.8. The Bertz CT molecular complexity index is 395. The van der Waals surface area contributed by atoms with Crippen LogP contribution in [0.3, 0.4) is 0 Å². The van der Waals surface area contributed by atoms with Gasteiger partial charge in [0.25, 0.3) is 11.6 Å². The van der Waals surface area contributed by atoms with Crippen LogP contribution in [-0.2, 0) is 4.79 Å². The van der Waals surface area contributed by atoms with Gasteiger partial charge in [-0.1, -0.05) is 6.07 Å². The van der Waals surface area contributed by atoms with E-state index in [1.54, 1.807) is 0 Å². The summed E-state index contributed by atoms with van der Waals surface area (Å²) in [5.74, 6) is -1.49. The van der Waals surface area contributed by atoms with Crippen LogP contribution in [0.5, 0.6) is 0 Å². The van der Waals surface area contributed by atoms with E-state index in [-0.39, 0.29) is 11.4 Å². The van der Waals surface area contributed by atoms with E-state index >= 15 is 0 Å². The summed E-state index contributed by atoms with van der Waals surface area (Å²) in [6.45, 7) is 0. The first-order valence-electron chi connectivity index (χ1n) is 3.84. The van der Waals surface area contributed by atoms with Crippen LogP contribution in [0, 0.1) is 10.1 Å². The minimum absolute atomic E-state index is 0.0329. The van der Waals surface area contributed by atoms with Crippen LogP contribution < -0.4 is 5.32 Å². The average Bonchev–Trinajstić information content (AvgIpc) is 2.18. The summed E-state index contributed by atoms with van der Waals surface area (Å²) < 4.78 is 23.7. The number of non-ortho nitro benzene ring substituents is 1. The van der Waals surface area contributed by atoms with Gasteiger partial charge >= 0.3 is 6.43 Å². The highest BCUT2D eigenvalue weighted by atomic mass is 19.3. The second-order valence-electron chi connectivity index (χ2n) is 2.60. The van der Waals surface area contributed by atoms with Crippen molar-refractivity contribution in [2.75, 3.05) is 5.32 Å². The summed E-state index contributed by atoms with van der Waals surface area (Å²) in [4.78, 5) is 20.2. The van der Waals surface area contributed by atoms with Gasteiger partial charge in [0.05, 0.1) is 4.92 Å². The standard InChI is InChI=1S/C8H6F2N2O3/c9-7(10)8(13)11-5-2-1-3-6(4-5)12(14)15/h1-4,7H,(H,11,13). The first-order chi connectivity index (χ1) is 7.00. The lowest BCUT2D eigenvalue weighted by molar-refractivity contribution is -0.384. The van der Waals surface area contributed by atoms with Gasteiger partial charge in [0.15, 0.2) is 0 Å². The maximum absolute atomic E-state index is 11.8. The van der Waals surface area contributed by atoms with Crippen molar-refractivity contribution in [1.82, 2.24) is 0 Å². The molecular weight excluding hydrogens is 210 g/mol. The molecule has 0 unspecified atom stereocenters. The van der Waals surface area contributed by atoms with Crippen LogP contribution in [0.15, 0.2) is 24.3 Å². The fraction of sp³-hybridized carbons (Fsp3) is 0.125. The van der Waals surface area contributed by atoms with Gasteiger partial charge < -0.3 is 5.32 Å². The van der Waals surface area contributed by atoms with Crippen molar-refractivity contribution in [1.29, 1.82) is 0 Å². The lowest BCUT2D eigenvalue weighted by Crippen LogP contribution is -2.19. The molecule has 0 aliphatic rings. The Balaban J connectivity index is 2.83. The van der Waals surface area contributed by atoms with Crippen molar-refractivity contribution in [2.45, 2.75) is 6.43 Å². The van der Waals surface area contributed by atoms with E-state index in [1.807, 2.05) is 5.32 Å². The molecule has 0 aromatic heterocycles. The Morgan fingerprint density at radius 2 is 2.13 bits per heavy atom. The number of carbonyl (C=O) groups is 1. The molecule has 1 amide bonds. The third kappa shape index (κ3) is 2.97. The molecule has 1 rings (SSSR count). The normalized spacial score (nSPS) is 10.1. The van der Waals surface area contributed by atoms with E-state index in [1.165, 1.54) is 18.2 Å². The molecule has 0 atom stereocenters. The molecule has 15 heavy (non-hydrogen) atoms. The van der Waals surface area contributed by atoms with Gasteiger partial charge in [0.2, 0.25) is 0 Å². The van der Waals surface area contributed by atoms with Crippen LogP contribution >= 0.6 is 0 Å². The molecular formula is C8H6F2N2O3. The number of alkyl halides is 2. The largest absolute Gasteiger partial charge is 0.321 e. The van der Waals surface area contributed by atoms with E-state index in [2.05, 4.69) is 0 Å². The van der Waals surface area contributed by atoms with Gasteiger partial charge in [-0.25, -0.2) is 0 Å². The number of nitrogens with zero attached hydrogens (tertiary/aromatic N) is 1. The fourth-order valence-electron chi connectivity index (χ4n) is 0.894. The molecule has 7 heteroatoms. The Labute approximate surface area is 82.9 Å². The second-order valence-corrected chi connectivity index (χ2v) is 2.60. The SMILES string of the molecule is O=C(Nc1cccc([N+](=O)[O-])c1)C(F)F. The second kappa shape index (κ2) is 4.45. The Morgan fingerprint density at radius 3 is 2.67 bits per heavy atom. The predicted molar refractivity (Wildman–Crippen MR) is 47.7 cm³/mol. The number of nitrogens with one attached hydrogen (secondary N) is 1. The maximum Gasteiger partial charge on any atom is 0.315 e. The minimum atomic E-state index is -3.15. The van der Waals surface area contributed by atoms with E-state index in [0.29, 0.717) is 0 Å². The number of nitro benzene ring substituents is 1. The summed E-state index contributed by atoms with van der Waals surface area (Å²) >= 11 is 0. The molecule has 5 nitrogen and oxygen atoms in total. The van der Waals surface area contributed by atoms with E-state index < -0.39 is 17.3 Å². The lowest BCUT2D eigenvalue weighted by Gasteiger charge is -2.03. The monoisotopic (exact) mass is 216 g/mol. The zero-order valence-corrected chi connectivity index (χ0v) is 7.31. The van der Waals surface area contributed by atoms with Gasteiger partial charge in [0, 0.05) is 17.8 Å². The zero-order valence-electron chi connectivity index (χ0n) is 7.31. The Morgan fingerprint density at radius 1 is 1.47 bits per heavy atom. The number of amides is 1. The molecule has 1 aromatic rings. The van der Waals surface area contributed by atoms with E-state index in [0.717, 1.165) is 6.07 Å². The molecule has 0 aliphatic heterocycles. The number of hydrogen-bond donors (Lipinski definition) is 1. The van der Waals surface area contributed by atoms with Crippen LogP contribution in [-0.4, -0.2) is 17.3 Å². The van der Waals surface area contributed by atoms with Crippen LogP contribution in [0.25, 0.3) is 0 Å². The van der Waals surface area contributed by atoms with Crippen LogP contribution in [0.4, 0.5) is 20.2 Å². The molecule has 0 heterocycles. The fourth-order valence-corrected chi connectivity index (χ4v) is 0.894. The molecule has 1 aromatic carbocycles. The molecule has 0 saturated carbocycles. The van der Waals surface area contributed by atoms with Gasteiger partial charge in [-0.2, -0.15) is 8.78 Å². The van der Waals surface area contributed by atoms with Crippen molar-refractivity contribution in [3.63, 3.8) is 0 Å². The van der Waals surface area contributed by atoms with Crippen molar-refractivity contribution in [3.05, 3.63) is 34.4 Å². The van der Waals surface area contributed by atoms with Crippen molar-refractivity contribution in [2.24, 2.45) is 0 Å². The molecule has 0 spiro atoms. The molecule has 0 aliphatic carbocycles. The Kier molecular flexibility index (Phi) is 3.27. The van der Waals surface area contributed by atoms with Crippen molar-refractivity contribution >= 4 is 17.3 Å². The average molecular weight is 216 g/mol. The quantitative estimate of drug-likeness (QED) is 0.618. The van der Waals surface area contributed by atoms with Crippen molar-refractivity contribution < 1.29 is 18.5 Å². The van der Waals surface area contributed by atoms with Crippen LogP contribution in [0.2, 0.25) is 0 Å². The lowest BCUT2D eigenvalue weighted by atomic mass is 10.3. The number of carbonyl (C=O) groups excluding carboxylic acids is 1. The highest BCUT2D eigenvalue weighted by Crippen LogP contribution is 2.17. The number of nitro groups is 1. The number of halogens is 2.